The first-order chi connectivity index (χ1) is 15.2. The molecular formula is C19H15FN4O6S2. The zero-order valence-electron chi connectivity index (χ0n) is 16.4. The van der Waals surface area contributed by atoms with E-state index in [1.54, 1.807) is 6.92 Å². The largest absolute Gasteiger partial charge is 0.504 e. The van der Waals surface area contributed by atoms with Gasteiger partial charge in [0.25, 0.3) is 0 Å². The summed E-state index contributed by atoms with van der Waals surface area (Å²) < 4.78 is 41.9. The summed E-state index contributed by atoms with van der Waals surface area (Å²) in [4.78, 5) is 28.3. The Balaban J connectivity index is 2.02. The summed E-state index contributed by atoms with van der Waals surface area (Å²) in [5.41, 5.74) is 5.42. The third-order valence-electron chi connectivity index (χ3n) is 4.11. The lowest BCUT2D eigenvalue weighted by Gasteiger charge is -2.12. The predicted molar refractivity (Wildman–Crippen MR) is 115 cm³/mol. The van der Waals surface area contributed by atoms with Crippen LogP contribution in [0, 0.1) is 5.92 Å². The third kappa shape index (κ3) is 4.78. The number of carbonyl (C=O) groups is 2. The van der Waals surface area contributed by atoms with Crippen molar-refractivity contribution < 1.29 is 32.2 Å². The fraction of sp³-hybridized carbons (Fsp3) is 0.158. The second-order valence-corrected chi connectivity index (χ2v) is 8.10. The molecule has 0 aliphatic heterocycles. The smallest absolute Gasteiger partial charge is 0.341 e. The van der Waals surface area contributed by atoms with Crippen LogP contribution in [0.1, 0.15) is 27.0 Å². The number of carbonyl (C=O) groups excluding carboxylic acids is 2. The van der Waals surface area contributed by atoms with Crippen molar-refractivity contribution in [1.82, 2.24) is 4.98 Å². The Hall–Kier alpha value is -3.71. The van der Waals surface area contributed by atoms with E-state index in [4.69, 9.17) is 10.5 Å². The highest BCUT2D eigenvalue weighted by atomic mass is 32.2. The van der Waals surface area contributed by atoms with Gasteiger partial charge in [0.15, 0.2) is 28.2 Å². The first kappa shape index (κ1) is 23.0. The maximum Gasteiger partial charge on any atom is 0.341 e. The molecule has 0 aromatic carbocycles. The van der Waals surface area contributed by atoms with E-state index < -0.39 is 38.7 Å². The molecule has 1 aliphatic rings. The number of pyridine rings is 1. The van der Waals surface area contributed by atoms with Crippen LogP contribution in [0.5, 0.6) is 5.75 Å². The molecule has 3 N–H and O–H groups in total. The lowest BCUT2D eigenvalue weighted by atomic mass is 9.94. The molecule has 0 saturated heterocycles. The average Bonchev–Trinajstić information content (AvgIpc) is 3.18. The molecular weight excluding hydrogens is 463 g/mol. The van der Waals surface area contributed by atoms with Gasteiger partial charge in [-0.05, 0) is 31.2 Å². The molecule has 2 heterocycles. The van der Waals surface area contributed by atoms with Crippen molar-refractivity contribution in [3.05, 3.63) is 52.7 Å². The first-order valence-corrected chi connectivity index (χ1v) is 10.8. The van der Waals surface area contributed by atoms with E-state index in [1.165, 1.54) is 30.4 Å². The van der Waals surface area contributed by atoms with Gasteiger partial charge in [-0.1, -0.05) is 12.2 Å². The van der Waals surface area contributed by atoms with Gasteiger partial charge in [-0.3, -0.25) is 4.79 Å². The van der Waals surface area contributed by atoms with Gasteiger partial charge in [0.1, 0.15) is 10.7 Å². The van der Waals surface area contributed by atoms with Gasteiger partial charge in [-0.25, -0.2) is 14.2 Å². The number of aromatic hydroxyl groups is 1. The zero-order valence-corrected chi connectivity index (χ0v) is 18.0. The first-order valence-electron chi connectivity index (χ1n) is 8.95. The number of hydrogen-bond donors (Lipinski definition) is 2. The highest BCUT2D eigenvalue weighted by molar-refractivity contribution is 7.73. The number of halogens is 1. The van der Waals surface area contributed by atoms with E-state index in [2.05, 4.69) is 15.2 Å². The number of thiophene rings is 1. The molecule has 2 aromatic rings. The van der Waals surface area contributed by atoms with E-state index >= 15 is 0 Å². The quantitative estimate of drug-likeness (QED) is 0.277. The maximum absolute atomic E-state index is 14.0. The van der Waals surface area contributed by atoms with Gasteiger partial charge in [-0.15, -0.1) is 21.6 Å². The zero-order chi connectivity index (χ0) is 23.4. The number of nitrogens with two attached hydrogens (primary N) is 1. The molecule has 1 unspecified atom stereocenters. The number of hydrogen-bond acceptors (Lipinski definition) is 11. The molecule has 10 nitrogen and oxygen atoms in total. The van der Waals surface area contributed by atoms with Gasteiger partial charge >= 0.3 is 5.97 Å². The molecule has 2 aromatic heterocycles. The number of nitrogen functional groups attached to an aromatic ring is 1. The second-order valence-electron chi connectivity index (χ2n) is 6.16. The van der Waals surface area contributed by atoms with Crippen LogP contribution < -0.4 is 5.73 Å². The molecule has 0 bridgehead atoms. The fourth-order valence-corrected chi connectivity index (χ4v) is 4.22. The van der Waals surface area contributed by atoms with Crippen LogP contribution in [0.3, 0.4) is 0 Å². The van der Waals surface area contributed by atoms with Gasteiger partial charge in [0, 0.05) is 0 Å². The molecule has 0 radical (unpaired) electrons. The summed E-state index contributed by atoms with van der Waals surface area (Å²) in [5, 5.41) is 17.2. The average molecular weight is 478 g/mol. The minimum Gasteiger partial charge on any atom is -0.504 e. The normalized spacial score (nSPS) is 15.6. The van der Waals surface area contributed by atoms with E-state index in [0.717, 1.165) is 17.4 Å². The Bertz CT molecular complexity index is 1320. The molecule has 1 aliphatic carbocycles. The molecule has 0 saturated carbocycles. The van der Waals surface area contributed by atoms with Gasteiger partial charge in [0.05, 0.1) is 23.0 Å². The SMILES string of the molecule is CCOC(=O)c1cc(C(=O)C2C=CC=C(F)C2=S(=O)=O)sc1N=Nc1ccc(O)c(N)n1. The summed E-state index contributed by atoms with van der Waals surface area (Å²) in [6.45, 7) is 1.65. The van der Waals surface area contributed by atoms with E-state index in [-0.39, 0.29) is 39.4 Å². The van der Waals surface area contributed by atoms with Crippen LogP contribution in [0.25, 0.3) is 0 Å². The van der Waals surface area contributed by atoms with Crippen molar-refractivity contribution >= 4 is 54.9 Å². The van der Waals surface area contributed by atoms with Crippen LogP contribution in [0.15, 0.2) is 52.5 Å². The highest BCUT2D eigenvalue weighted by Gasteiger charge is 2.32. The Morgan fingerprint density at radius 3 is 2.75 bits per heavy atom. The molecule has 0 amide bonds. The number of azo groups is 1. The standard InChI is InChI=1S/C19H15FN4O6S2/c1-2-30-19(27)10-8-13(15(26)9-4-3-5-11(20)16(9)32(28)29)31-18(10)24-23-14-7-6-12(25)17(21)22-14/h3-9,25H,2H2,1H3,(H2,21,22). The van der Waals surface area contributed by atoms with Gasteiger partial charge in [-0.2, -0.15) is 8.42 Å². The molecule has 3 rings (SSSR count). The fourth-order valence-electron chi connectivity index (χ4n) is 2.65. The number of allylic oxidation sites excluding steroid dienone is 4. The summed E-state index contributed by atoms with van der Waals surface area (Å²) in [5.74, 6) is -4.36. The molecule has 0 spiro atoms. The van der Waals surface area contributed by atoms with Crippen molar-refractivity contribution in [3.63, 3.8) is 0 Å². The molecule has 13 heteroatoms. The van der Waals surface area contributed by atoms with Crippen molar-refractivity contribution in [1.29, 1.82) is 0 Å². The van der Waals surface area contributed by atoms with Crippen molar-refractivity contribution in [2.24, 2.45) is 16.1 Å². The third-order valence-corrected chi connectivity index (χ3v) is 5.95. The van der Waals surface area contributed by atoms with Gasteiger partial charge in [0.2, 0.25) is 10.3 Å². The minimum atomic E-state index is -2.97. The lowest BCUT2D eigenvalue weighted by Crippen LogP contribution is -2.25. The second kappa shape index (κ2) is 9.62. The molecule has 0 fully saturated rings. The van der Waals surface area contributed by atoms with E-state index in [9.17, 15) is 27.5 Å². The Kier molecular flexibility index (Phi) is 6.90. The number of nitrogens with zero attached hydrogens (tertiary/aromatic N) is 3. The number of anilines is 1. The molecule has 32 heavy (non-hydrogen) atoms. The van der Waals surface area contributed by atoms with Crippen LogP contribution in [-0.2, 0) is 15.0 Å². The van der Waals surface area contributed by atoms with Crippen LogP contribution in [-0.4, -0.2) is 41.7 Å². The number of esters is 1. The Labute approximate surface area is 186 Å². The number of Topliss-reactive ketones (excluding diaryl/α,β-unsaturated/α-hetero) is 1. The highest BCUT2D eigenvalue weighted by Crippen LogP contribution is 2.35. The Morgan fingerprint density at radius 2 is 2.09 bits per heavy atom. The van der Waals surface area contributed by atoms with Crippen molar-refractivity contribution in [2.75, 3.05) is 12.3 Å². The molecule has 1 atom stereocenters. The molecule has 166 valence electrons. The topological polar surface area (TPSA) is 161 Å². The number of rotatable bonds is 6. The van der Waals surface area contributed by atoms with Crippen molar-refractivity contribution in [2.45, 2.75) is 6.92 Å². The monoisotopic (exact) mass is 478 g/mol. The van der Waals surface area contributed by atoms with E-state index in [1.807, 2.05) is 0 Å². The van der Waals surface area contributed by atoms with Crippen LogP contribution in [0.2, 0.25) is 0 Å². The predicted octanol–water partition coefficient (Wildman–Crippen LogP) is 3.30. The lowest BCUT2D eigenvalue weighted by molar-refractivity contribution is 0.0528. The summed E-state index contributed by atoms with van der Waals surface area (Å²) in [7, 11) is -2.97. The summed E-state index contributed by atoms with van der Waals surface area (Å²) >= 11 is 0.748. The number of ketones is 1. The summed E-state index contributed by atoms with van der Waals surface area (Å²) in [6, 6.07) is 3.77. The van der Waals surface area contributed by atoms with Crippen LogP contribution >= 0.6 is 11.3 Å². The Morgan fingerprint density at radius 1 is 1.34 bits per heavy atom. The van der Waals surface area contributed by atoms with Crippen LogP contribution in [0.4, 0.5) is 21.0 Å². The van der Waals surface area contributed by atoms with E-state index in [0.29, 0.717) is 0 Å². The number of ether oxygens (including phenoxy) is 1. The summed E-state index contributed by atoms with van der Waals surface area (Å²) in [6.07, 6.45) is 3.41. The van der Waals surface area contributed by atoms with Crippen molar-refractivity contribution in [3.8, 4) is 5.75 Å². The minimum absolute atomic E-state index is 0.0131. The number of aromatic nitrogens is 1. The maximum atomic E-state index is 14.0. The van der Waals surface area contributed by atoms with Gasteiger partial charge < -0.3 is 15.6 Å².